The molecule has 4 rings (SSSR count). The Labute approximate surface area is 199 Å². The van der Waals surface area contributed by atoms with E-state index in [-0.39, 0.29) is 16.7 Å². The van der Waals surface area contributed by atoms with Crippen LogP contribution in [-0.2, 0) is 4.79 Å². The van der Waals surface area contributed by atoms with Crippen LogP contribution < -0.4 is 20.1 Å². The molecule has 0 bridgehead atoms. The lowest BCUT2D eigenvalue weighted by atomic mass is 10.2. The second kappa shape index (κ2) is 10.7. The number of anilines is 4. The van der Waals surface area contributed by atoms with Gasteiger partial charge in [0, 0.05) is 24.0 Å². The third-order valence-electron chi connectivity index (χ3n) is 4.37. The largest absolute Gasteiger partial charge is 0.493 e. The summed E-state index contributed by atoms with van der Waals surface area (Å²) in [5, 5.41) is 19.9. The number of halogens is 5. The summed E-state index contributed by atoms with van der Waals surface area (Å²) in [6, 6.07) is 8.87. The standard InChI is InChI=1S/C19H16F2N6O2.C2HF3O2/c1-28-14-4-3-11(9-15(14)29-2)23-19-22-6-5-16(25-19)24-18-12-7-10(20)8-13(21)17(12)26-27-18;3-2(4,5)1(6)7/h3-9H,1-2H3,(H3,22,23,24,25,26,27);(H,6,7). The molecule has 0 aliphatic carbocycles. The molecule has 0 fully saturated rings. The van der Waals surface area contributed by atoms with Crippen molar-refractivity contribution in [2.24, 2.45) is 0 Å². The number of nitrogens with zero attached hydrogens (tertiary/aromatic N) is 3. The van der Waals surface area contributed by atoms with Gasteiger partial charge >= 0.3 is 12.1 Å². The molecule has 0 amide bonds. The van der Waals surface area contributed by atoms with E-state index in [2.05, 4.69) is 30.8 Å². The van der Waals surface area contributed by atoms with Gasteiger partial charge in [-0.25, -0.2) is 18.6 Å². The highest BCUT2D eigenvalue weighted by Gasteiger charge is 2.38. The first-order valence-corrected chi connectivity index (χ1v) is 9.74. The van der Waals surface area contributed by atoms with E-state index >= 15 is 0 Å². The average Bonchev–Trinajstić information content (AvgIpc) is 3.21. The first-order chi connectivity index (χ1) is 17.0. The molecule has 0 radical (unpaired) electrons. The predicted molar refractivity (Wildman–Crippen MR) is 118 cm³/mol. The Balaban J connectivity index is 0.000000454. The number of fused-ring (bicyclic) bond motifs is 1. The first-order valence-electron chi connectivity index (χ1n) is 9.74. The van der Waals surface area contributed by atoms with Crippen molar-refractivity contribution < 1.29 is 41.3 Å². The number of hydrogen-bond donors (Lipinski definition) is 4. The molecule has 10 nitrogen and oxygen atoms in total. The zero-order chi connectivity index (χ0) is 26.5. The number of aromatic amines is 1. The molecule has 0 aliphatic rings. The summed E-state index contributed by atoms with van der Waals surface area (Å²) in [7, 11) is 3.10. The molecule has 2 heterocycles. The molecule has 0 spiro atoms. The predicted octanol–water partition coefficient (Wildman–Crippen LogP) is 4.77. The molecule has 15 heteroatoms. The van der Waals surface area contributed by atoms with E-state index in [1.54, 1.807) is 38.5 Å². The Morgan fingerprint density at radius 1 is 1.03 bits per heavy atom. The SMILES string of the molecule is COc1ccc(Nc2nccc(Nc3n[nH]c4c(F)cc(F)cc34)n2)cc1OC.O=C(O)C(F)(F)F. The van der Waals surface area contributed by atoms with Gasteiger partial charge in [0.25, 0.3) is 0 Å². The minimum atomic E-state index is -5.08. The fraction of sp³-hybridized carbons (Fsp3) is 0.143. The highest BCUT2D eigenvalue weighted by Crippen LogP contribution is 2.31. The van der Waals surface area contributed by atoms with Gasteiger partial charge in [-0.2, -0.15) is 23.3 Å². The maximum absolute atomic E-state index is 13.8. The van der Waals surface area contributed by atoms with E-state index in [0.29, 0.717) is 29.0 Å². The van der Waals surface area contributed by atoms with E-state index in [1.807, 2.05) is 0 Å². The Bertz CT molecular complexity index is 1380. The van der Waals surface area contributed by atoms with Crippen LogP contribution in [0.3, 0.4) is 0 Å². The number of aliphatic carboxylic acids is 1. The van der Waals surface area contributed by atoms with Crippen LogP contribution in [0.25, 0.3) is 10.9 Å². The number of methoxy groups -OCH3 is 2. The van der Waals surface area contributed by atoms with Crippen molar-refractivity contribution in [3.63, 3.8) is 0 Å². The minimum absolute atomic E-state index is 0.103. The van der Waals surface area contributed by atoms with E-state index < -0.39 is 23.8 Å². The van der Waals surface area contributed by atoms with Crippen molar-refractivity contribution in [3.8, 4) is 11.5 Å². The van der Waals surface area contributed by atoms with Gasteiger partial charge < -0.3 is 25.2 Å². The van der Waals surface area contributed by atoms with Gasteiger partial charge in [0.15, 0.2) is 23.1 Å². The van der Waals surface area contributed by atoms with Crippen LogP contribution in [0.4, 0.5) is 45.2 Å². The Morgan fingerprint density at radius 3 is 2.36 bits per heavy atom. The van der Waals surface area contributed by atoms with Crippen LogP contribution in [0, 0.1) is 11.6 Å². The number of carbonyl (C=O) groups is 1. The number of alkyl halides is 3. The molecule has 0 saturated heterocycles. The third-order valence-corrected chi connectivity index (χ3v) is 4.37. The van der Waals surface area contributed by atoms with Gasteiger partial charge in [-0.05, 0) is 24.3 Å². The van der Waals surface area contributed by atoms with Gasteiger partial charge in [-0.15, -0.1) is 0 Å². The molecule has 190 valence electrons. The molecule has 0 saturated carbocycles. The van der Waals surface area contributed by atoms with Crippen molar-refractivity contribution in [2.75, 3.05) is 24.9 Å². The normalized spacial score (nSPS) is 10.9. The number of hydrogen-bond acceptors (Lipinski definition) is 8. The zero-order valence-corrected chi connectivity index (χ0v) is 18.4. The monoisotopic (exact) mass is 512 g/mol. The molecule has 0 aliphatic heterocycles. The molecule has 2 aromatic heterocycles. The lowest BCUT2D eigenvalue weighted by Crippen LogP contribution is -2.21. The summed E-state index contributed by atoms with van der Waals surface area (Å²) in [6.07, 6.45) is -3.55. The zero-order valence-electron chi connectivity index (χ0n) is 18.4. The van der Waals surface area contributed by atoms with Crippen molar-refractivity contribution in [2.45, 2.75) is 6.18 Å². The maximum atomic E-state index is 13.8. The second-order valence-electron chi connectivity index (χ2n) is 6.77. The summed E-state index contributed by atoms with van der Waals surface area (Å²) in [5.74, 6) is -2.09. The number of rotatable bonds is 6. The summed E-state index contributed by atoms with van der Waals surface area (Å²) in [4.78, 5) is 17.4. The van der Waals surface area contributed by atoms with Crippen LogP contribution in [0.1, 0.15) is 0 Å². The number of ether oxygens (including phenoxy) is 2. The highest BCUT2D eigenvalue weighted by molar-refractivity contribution is 5.91. The molecule has 4 aromatic rings. The van der Waals surface area contributed by atoms with E-state index in [0.717, 1.165) is 6.07 Å². The summed E-state index contributed by atoms with van der Waals surface area (Å²) < 4.78 is 69.6. The van der Waals surface area contributed by atoms with Crippen LogP contribution in [0.5, 0.6) is 11.5 Å². The maximum Gasteiger partial charge on any atom is 0.490 e. The summed E-state index contributed by atoms with van der Waals surface area (Å²) in [5.41, 5.74) is 0.792. The van der Waals surface area contributed by atoms with Crippen LogP contribution in [0.2, 0.25) is 0 Å². The Morgan fingerprint density at radius 2 is 1.72 bits per heavy atom. The topological polar surface area (TPSA) is 134 Å². The third kappa shape index (κ3) is 6.25. The number of nitrogens with one attached hydrogen (secondary N) is 3. The van der Waals surface area contributed by atoms with E-state index in [1.165, 1.54) is 12.3 Å². The number of carboxylic acid groups (broad SMARTS) is 1. The molecule has 0 atom stereocenters. The Hall–Kier alpha value is -4.69. The fourth-order valence-electron chi connectivity index (χ4n) is 2.79. The fourth-order valence-corrected chi connectivity index (χ4v) is 2.79. The second-order valence-corrected chi connectivity index (χ2v) is 6.77. The van der Waals surface area contributed by atoms with Crippen LogP contribution in [-0.4, -0.2) is 51.6 Å². The minimum Gasteiger partial charge on any atom is -0.493 e. The van der Waals surface area contributed by atoms with Gasteiger partial charge in [-0.1, -0.05) is 0 Å². The number of H-pyrrole nitrogens is 1. The molecular formula is C21H17F5N6O4. The van der Waals surface area contributed by atoms with Crippen molar-refractivity contribution in [1.29, 1.82) is 0 Å². The highest BCUT2D eigenvalue weighted by atomic mass is 19.4. The van der Waals surface area contributed by atoms with Crippen molar-refractivity contribution in [3.05, 3.63) is 54.2 Å². The van der Waals surface area contributed by atoms with Crippen molar-refractivity contribution in [1.82, 2.24) is 20.2 Å². The Kier molecular flexibility index (Phi) is 7.71. The molecule has 36 heavy (non-hydrogen) atoms. The molecular weight excluding hydrogens is 495 g/mol. The molecule has 2 aromatic carbocycles. The summed E-state index contributed by atoms with van der Waals surface area (Å²) in [6.45, 7) is 0. The first kappa shape index (κ1) is 25.9. The smallest absolute Gasteiger partial charge is 0.490 e. The molecule has 4 N–H and O–H groups in total. The number of carboxylic acids is 1. The average molecular weight is 512 g/mol. The van der Waals surface area contributed by atoms with Gasteiger partial charge in [0.1, 0.15) is 17.2 Å². The van der Waals surface area contributed by atoms with E-state index in [9.17, 15) is 22.0 Å². The van der Waals surface area contributed by atoms with Gasteiger partial charge in [0.2, 0.25) is 5.95 Å². The summed E-state index contributed by atoms with van der Waals surface area (Å²) >= 11 is 0. The quantitative estimate of drug-likeness (QED) is 0.270. The number of benzene rings is 2. The lowest BCUT2D eigenvalue weighted by molar-refractivity contribution is -0.192. The van der Waals surface area contributed by atoms with Crippen LogP contribution in [0.15, 0.2) is 42.6 Å². The van der Waals surface area contributed by atoms with Crippen molar-refractivity contribution >= 4 is 40.1 Å². The van der Waals surface area contributed by atoms with Crippen LogP contribution >= 0.6 is 0 Å². The molecule has 0 unspecified atom stereocenters. The van der Waals surface area contributed by atoms with Gasteiger partial charge in [0.05, 0.1) is 19.6 Å². The lowest BCUT2D eigenvalue weighted by Gasteiger charge is -2.11. The van der Waals surface area contributed by atoms with Gasteiger partial charge in [-0.3, -0.25) is 5.10 Å². The van der Waals surface area contributed by atoms with E-state index in [4.69, 9.17) is 19.4 Å². The number of aromatic nitrogens is 4.